The first kappa shape index (κ1) is 25.8. The summed E-state index contributed by atoms with van der Waals surface area (Å²) in [6, 6.07) is 9.05. The highest BCUT2D eigenvalue weighted by Gasteiger charge is 2.44. The Morgan fingerprint density at radius 1 is 0.879 bits per heavy atom. The van der Waals surface area contributed by atoms with E-state index in [-0.39, 0.29) is 5.75 Å². The van der Waals surface area contributed by atoms with Crippen molar-refractivity contribution in [3.63, 3.8) is 0 Å². The molecule has 0 amide bonds. The molecule has 0 bridgehead atoms. The predicted octanol–water partition coefficient (Wildman–Crippen LogP) is 6.97. The van der Waals surface area contributed by atoms with Gasteiger partial charge in [0.15, 0.2) is 6.61 Å². The zero-order valence-corrected chi connectivity index (χ0v) is 17.4. The van der Waals surface area contributed by atoms with Crippen molar-refractivity contribution in [3.05, 3.63) is 83.7 Å². The van der Waals surface area contributed by atoms with Gasteiger partial charge in [0.1, 0.15) is 23.1 Å². The van der Waals surface area contributed by atoms with Crippen LogP contribution >= 0.6 is 0 Å². The molecular weight excluding hydrogens is 455 g/mol. The number of hydrogen-bond acceptors (Lipinski definition) is 3. The van der Waals surface area contributed by atoms with Crippen LogP contribution in [0.1, 0.15) is 29.9 Å². The van der Waals surface area contributed by atoms with E-state index in [0.29, 0.717) is 29.3 Å². The van der Waals surface area contributed by atoms with Gasteiger partial charge < -0.3 is 4.74 Å². The average Bonchev–Trinajstić information content (AvgIpc) is 2.78. The smallest absolute Gasteiger partial charge is 0.422 e. The maximum absolute atomic E-state index is 14.5. The van der Waals surface area contributed by atoms with Crippen molar-refractivity contribution in [1.82, 2.24) is 4.98 Å². The molecule has 33 heavy (non-hydrogen) atoms. The standard InChI is InChI=1S/C21H12F7NO2.C2H6/c22-14-4-7-16(17(23)9-14)19(30)21(27,28)18-8-3-13(10-29-18)12-1-5-15(6-2-12)31-11-20(24,25)26;1-2/h1-10H,11H2;1-2H3. The maximum atomic E-state index is 14.5. The molecule has 10 heteroatoms. The van der Waals surface area contributed by atoms with E-state index < -0.39 is 47.4 Å². The lowest BCUT2D eigenvalue weighted by atomic mass is 10.0. The number of hydrogen-bond donors (Lipinski definition) is 0. The highest BCUT2D eigenvalue weighted by molar-refractivity contribution is 6.01. The predicted molar refractivity (Wildman–Crippen MR) is 107 cm³/mol. The van der Waals surface area contributed by atoms with E-state index in [9.17, 15) is 35.5 Å². The summed E-state index contributed by atoms with van der Waals surface area (Å²) in [4.78, 5) is 15.6. The van der Waals surface area contributed by atoms with Crippen molar-refractivity contribution in [1.29, 1.82) is 0 Å². The quantitative estimate of drug-likeness (QED) is 0.287. The molecule has 0 atom stereocenters. The third-order valence-electron chi connectivity index (χ3n) is 4.14. The van der Waals surface area contributed by atoms with E-state index in [0.717, 1.165) is 12.3 Å². The number of pyridine rings is 1. The van der Waals surface area contributed by atoms with Crippen LogP contribution in [-0.4, -0.2) is 23.6 Å². The third kappa shape index (κ3) is 6.53. The summed E-state index contributed by atoms with van der Waals surface area (Å²) in [5.74, 6) is -8.53. The van der Waals surface area contributed by atoms with E-state index >= 15 is 0 Å². The topological polar surface area (TPSA) is 39.2 Å². The van der Waals surface area contributed by atoms with Crippen LogP contribution in [0.25, 0.3) is 11.1 Å². The van der Waals surface area contributed by atoms with Crippen LogP contribution in [0.4, 0.5) is 30.7 Å². The highest BCUT2D eigenvalue weighted by Crippen LogP contribution is 2.33. The maximum Gasteiger partial charge on any atom is 0.422 e. The van der Waals surface area contributed by atoms with Gasteiger partial charge >= 0.3 is 12.1 Å². The van der Waals surface area contributed by atoms with Crippen molar-refractivity contribution in [2.75, 3.05) is 6.61 Å². The molecule has 0 unspecified atom stereocenters. The van der Waals surface area contributed by atoms with Gasteiger partial charge in [0.2, 0.25) is 5.78 Å². The Labute approximate surface area is 184 Å². The summed E-state index contributed by atoms with van der Waals surface area (Å²) in [6.45, 7) is 2.54. The van der Waals surface area contributed by atoms with Crippen LogP contribution in [-0.2, 0) is 5.92 Å². The monoisotopic (exact) mass is 473 g/mol. The molecule has 0 radical (unpaired) electrons. The second kappa shape index (κ2) is 10.5. The molecule has 2 aromatic carbocycles. The summed E-state index contributed by atoms with van der Waals surface area (Å²) >= 11 is 0. The first-order chi connectivity index (χ1) is 15.5. The molecule has 3 aromatic rings. The molecule has 0 spiro atoms. The van der Waals surface area contributed by atoms with Crippen molar-refractivity contribution in [3.8, 4) is 16.9 Å². The molecule has 1 heterocycles. The van der Waals surface area contributed by atoms with Gasteiger partial charge in [-0.25, -0.2) is 8.78 Å². The van der Waals surface area contributed by atoms with E-state index in [4.69, 9.17) is 0 Å². The molecule has 176 valence electrons. The Hall–Kier alpha value is -3.43. The number of nitrogens with zero attached hydrogens (tertiary/aromatic N) is 1. The molecule has 0 saturated heterocycles. The number of ether oxygens (including phenoxy) is 1. The molecule has 0 saturated carbocycles. The van der Waals surface area contributed by atoms with Crippen molar-refractivity contribution < 1.29 is 40.3 Å². The van der Waals surface area contributed by atoms with E-state index in [1.54, 1.807) is 0 Å². The van der Waals surface area contributed by atoms with Crippen LogP contribution in [0, 0.1) is 11.6 Å². The molecule has 0 aliphatic carbocycles. The Balaban J connectivity index is 0.00000187. The largest absolute Gasteiger partial charge is 0.484 e. The van der Waals surface area contributed by atoms with Crippen LogP contribution in [0.5, 0.6) is 5.75 Å². The molecule has 0 N–H and O–H groups in total. The van der Waals surface area contributed by atoms with E-state index in [1.807, 2.05) is 13.8 Å². The van der Waals surface area contributed by atoms with E-state index in [1.165, 1.54) is 30.3 Å². The fourth-order valence-electron chi connectivity index (χ4n) is 2.62. The summed E-state index contributed by atoms with van der Waals surface area (Å²) in [7, 11) is 0. The van der Waals surface area contributed by atoms with Crippen LogP contribution in [0.15, 0.2) is 60.8 Å². The summed E-state index contributed by atoms with van der Waals surface area (Å²) in [5, 5.41) is 0. The minimum absolute atomic E-state index is 0.0379. The number of carbonyl (C=O) groups is 1. The number of alkyl halides is 5. The van der Waals surface area contributed by atoms with Crippen molar-refractivity contribution in [2.24, 2.45) is 0 Å². The second-order valence-corrected chi connectivity index (χ2v) is 6.39. The summed E-state index contributed by atoms with van der Waals surface area (Å²) < 4.78 is 96.7. The van der Waals surface area contributed by atoms with Gasteiger partial charge in [-0.15, -0.1) is 0 Å². The zero-order chi connectivity index (χ0) is 24.8. The number of aromatic nitrogens is 1. The van der Waals surface area contributed by atoms with Gasteiger partial charge in [0.25, 0.3) is 0 Å². The zero-order valence-electron chi connectivity index (χ0n) is 17.4. The molecule has 0 aliphatic heterocycles. The van der Waals surface area contributed by atoms with E-state index in [2.05, 4.69) is 9.72 Å². The minimum atomic E-state index is -4.49. The fourth-order valence-corrected chi connectivity index (χ4v) is 2.62. The number of Topliss-reactive ketones (excluding diaryl/α,β-unsaturated/α-hetero) is 1. The van der Waals surface area contributed by atoms with Crippen LogP contribution in [0.2, 0.25) is 0 Å². The first-order valence-corrected chi connectivity index (χ1v) is 9.61. The summed E-state index contributed by atoms with van der Waals surface area (Å²) in [5.41, 5.74) is -1.15. The normalized spacial score (nSPS) is 11.4. The molecule has 3 rings (SSSR count). The Morgan fingerprint density at radius 3 is 2.00 bits per heavy atom. The number of rotatable bonds is 6. The SMILES string of the molecule is CC.O=C(c1ccc(F)cc1F)C(F)(F)c1ccc(-c2ccc(OCC(F)(F)F)cc2)cn1. The molecule has 0 fully saturated rings. The minimum Gasteiger partial charge on any atom is -0.484 e. The second-order valence-electron chi connectivity index (χ2n) is 6.39. The van der Waals surface area contributed by atoms with Crippen LogP contribution < -0.4 is 4.74 Å². The van der Waals surface area contributed by atoms with Crippen molar-refractivity contribution >= 4 is 5.78 Å². The van der Waals surface area contributed by atoms with Gasteiger partial charge in [0.05, 0.1) is 5.56 Å². The number of carbonyl (C=O) groups excluding carboxylic acids is 1. The fraction of sp³-hybridized carbons (Fsp3) is 0.217. The van der Waals surface area contributed by atoms with Gasteiger partial charge in [-0.1, -0.05) is 32.0 Å². The average molecular weight is 473 g/mol. The van der Waals surface area contributed by atoms with Gasteiger partial charge in [0, 0.05) is 17.8 Å². The molecule has 0 aliphatic rings. The number of ketones is 1. The van der Waals surface area contributed by atoms with Gasteiger partial charge in [-0.05, 0) is 35.9 Å². The van der Waals surface area contributed by atoms with Gasteiger partial charge in [-0.3, -0.25) is 9.78 Å². The lowest BCUT2D eigenvalue weighted by Crippen LogP contribution is -2.28. The Bertz CT molecular complexity index is 1080. The third-order valence-corrected chi connectivity index (χ3v) is 4.14. The highest BCUT2D eigenvalue weighted by atomic mass is 19.4. The molecular formula is C23H18F7NO2. The van der Waals surface area contributed by atoms with Crippen LogP contribution in [0.3, 0.4) is 0 Å². The number of benzene rings is 2. The van der Waals surface area contributed by atoms with Gasteiger partial charge in [-0.2, -0.15) is 22.0 Å². The summed E-state index contributed by atoms with van der Waals surface area (Å²) in [6.07, 6.45) is -3.46. The Morgan fingerprint density at radius 2 is 1.48 bits per heavy atom. The first-order valence-electron chi connectivity index (χ1n) is 9.61. The number of halogens is 7. The van der Waals surface area contributed by atoms with Crippen molar-refractivity contribution in [2.45, 2.75) is 25.9 Å². The molecule has 1 aromatic heterocycles. The lowest BCUT2D eigenvalue weighted by Gasteiger charge is -2.15. The Kier molecular flexibility index (Phi) is 8.18. The lowest BCUT2D eigenvalue weighted by molar-refractivity contribution is -0.153. The molecule has 3 nitrogen and oxygen atoms in total.